The summed E-state index contributed by atoms with van der Waals surface area (Å²) in [6, 6.07) is 8.13. The molecule has 3 heteroatoms. The maximum absolute atomic E-state index is 12.6. The highest BCUT2D eigenvalue weighted by Gasteiger charge is 2.42. The maximum Gasteiger partial charge on any atom is 0.230 e. The Bertz CT molecular complexity index is 431. The van der Waals surface area contributed by atoms with Gasteiger partial charge in [0.15, 0.2) is 0 Å². The van der Waals surface area contributed by atoms with Crippen LogP contribution in [0.15, 0.2) is 24.3 Å². The SMILES string of the molecule is COc1ccc(C2(C(=O)NC(C)C)CCCC2)cc1. The molecule has 1 fully saturated rings. The Morgan fingerprint density at radius 2 is 1.79 bits per heavy atom. The number of hydrogen-bond donors (Lipinski definition) is 1. The Hall–Kier alpha value is -1.51. The number of nitrogens with one attached hydrogen (secondary N) is 1. The fraction of sp³-hybridized carbons (Fsp3) is 0.562. The lowest BCUT2D eigenvalue weighted by molar-refractivity contribution is -0.127. The van der Waals surface area contributed by atoms with Crippen molar-refractivity contribution in [1.82, 2.24) is 5.32 Å². The molecule has 1 aromatic carbocycles. The monoisotopic (exact) mass is 261 g/mol. The van der Waals surface area contributed by atoms with Crippen LogP contribution in [0.1, 0.15) is 45.1 Å². The standard InChI is InChI=1S/C16H23NO2/c1-12(2)17-15(18)16(10-4-5-11-16)13-6-8-14(19-3)9-7-13/h6-9,12H,4-5,10-11H2,1-3H3,(H,17,18). The molecule has 1 aliphatic rings. The first-order valence-corrected chi connectivity index (χ1v) is 7.04. The van der Waals surface area contributed by atoms with Gasteiger partial charge in [0.1, 0.15) is 5.75 Å². The van der Waals surface area contributed by atoms with E-state index in [1.165, 1.54) is 0 Å². The average Bonchev–Trinajstić information content (AvgIpc) is 2.89. The van der Waals surface area contributed by atoms with Crippen LogP contribution in [0.2, 0.25) is 0 Å². The highest BCUT2D eigenvalue weighted by atomic mass is 16.5. The van der Waals surface area contributed by atoms with Crippen molar-refractivity contribution in [2.75, 3.05) is 7.11 Å². The second kappa shape index (κ2) is 5.64. The van der Waals surface area contributed by atoms with E-state index in [9.17, 15) is 4.79 Å². The number of methoxy groups -OCH3 is 1. The van der Waals surface area contributed by atoms with Gasteiger partial charge in [-0.05, 0) is 44.4 Å². The summed E-state index contributed by atoms with van der Waals surface area (Å²) in [6.45, 7) is 4.02. The van der Waals surface area contributed by atoms with Gasteiger partial charge in [0.2, 0.25) is 5.91 Å². The Morgan fingerprint density at radius 3 is 2.26 bits per heavy atom. The smallest absolute Gasteiger partial charge is 0.230 e. The highest BCUT2D eigenvalue weighted by molar-refractivity contribution is 5.88. The van der Waals surface area contributed by atoms with Crippen molar-refractivity contribution in [1.29, 1.82) is 0 Å². The summed E-state index contributed by atoms with van der Waals surface area (Å²) in [5.41, 5.74) is 0.778. The van der Waals surface area contributed by atoms with Crippen LogP contribution < -0.4 is 10.1 Å². The van der Waals surface area contributed by atoms with Crippen LogP contribution in [0.5, 0.6) is 5.75 Å². The van der Waals surface area contributed by atoms with Crippen LogP contribution >= 0.6 is 0 Å². The fourth-order valence-electron chi connectivity index (χ4n) is 2.94. The molecule has 1 amide bonds. The van der Waals surface area contributed by atoms with Gasteiger partial charge in [-0.15, -0.1) is 0 Å². The Balaban J connectivity index is 2.30. The number of hydrogen-bond acceptors (Lipinski definition) is 2. The third kappa shape index (κ3) is 2.75. The van der Waals surface area contributed by atoms with Crippen LogP contribution in [0.25, 0.3) is 0 Å². The molecule has 3 nitrogen and oxygen atoms in total. The number of carbonyl (C=O) groups is 1. The molecule has 1 N–H and O–H groups in total. The molecule has 19 heavy (non-hydrogen) atoms. The molecule has 0 unspecified atom stereocenters. The first-order chi connectivity index (χ1) is 9.08. The lowest BCUT2D eigenvalue weighted by atomic mass is 9.78. The van der Waals surface area contributed by atoms with Crippen molar-refractivity contribution in [3.63, 3.8) is 0 Å². The summed E-state index contributed by atoms with van der Waals surface area (Å²) in [5.74, 6) is 1.01. The zero-order valence-corrected chi connectivity index (χ0v) is 12.0. The average molecular weight is 261 g/mol. The second-order valence-electron chi connectivity index (χ2n) is 5.65. The summed E-state index contributed by atoms with van der Waals surface area (Å²) < 4.78 is 5.19. The first kappa shape index (κ1) is 13.9. The quantitative estimate of drug-likeness (QED) is 0.904. The predicted molar refractivity (Wildman–Crippen MR) is 76.4 cm³/mol. The molecule has 0 bridgehead atoms. The molecule has 0 saturated heterocycles. The molecule has 0 heterocycles. The second-order valence-corrected chi connectivity index (χ2v) is 5.65. The lowest BCUT2D eigenvalue weighted by Crippen LogP contribution is -2.45. The van der Waals surface area contributed by atoms with Crippen LogP contribution in [0.3, 0.4) is 0 Å². The van der Waals surface area contributed by atoms with Crippen LogP contribution in [0, 0.1) is 0 Å². The molecule has 1 aliphatic carbocycles. The third-order valence-electron chi connectivity index (χ3n) is 3.95. The van der Waals surface area contributed by atoms with Gasteiger partial charge >= 0.3 is 0 Å². The van der Waals surface area contributed by atoms with E-state index in [0.717, 1.165) is 37.0 Å². The highest BCUT2D eigenvalue weighted by Crippen LogP contribution is 2.41. The van der Waals surface area contributed by atoms with Gasteiger partial charge in [0.25, 0.3) is 0 Å². The predicted octanol–water partition coefficient (Wildman–Crippen LogP) is 3.03. The molecule has 0 aromatic heterocycles. The minimum absolute atomic E-state index is 0.171. The number of carbonyl (C=O) groups excluding carboxylic acids is 1. The zero-order chi connectivity index (χ0) is 13.9. The van der Waals surface area contributed by atoms with E-state index in [1.54, 1.807) is 7.11 Å². The first-order valence-electron chi connectivity index (χ1n) is 7.04. The van der Waals surface area contributed by atoms with Crippen LogP contribution in [0.4, 0.5) is 0 Å². The minimum Gasteiger partial charge on any atom is -0.497 e. The van der Waals surface area contributed by atoms with Gasteiger partial charge in [-0.2, -0.15) is 0 Å². The Kier molecular flexibility index (Phi) is 4.13. The fourth-order valence-corrected chi connectivity index (χ4v) is 2.94. The largest absolute Gasteiger partial charge is 0.497 e. The topological polar surface area (TPSA) is 38.3 Å². The Morgan fingerprint density at radius 1 is 1.21 bits per heavy atom. The van der Waals surface area contributed by atoms with E-state index >= 15 is 0 Å². The van der Waals surface area contributed by atoms with Gasteiger partial charge in [0, 0.05) is 6.04 Å². The molecule has 2 rings (SSSR count). The van der Waals surface area contributed by atoms with Crippen molar-refractivity contribution < 1.29 is 9.53 Å². The lowest BCUT2D eigenvalue weighted by Gasteiger charge is -2.29. The number of benzene rings is 1. The van der Waals surface area contributed by atoms with Crippen molar-refractivity contribution >= 4 is 5.91 Å². The van der Waals surface area contributed by atoms with Crippen molar-refractivity contribution in [2.24, 2.45) is 0 Å². The van der Waals surface area contributed by atoms with Crippen LogP contribution in [-0.2, 0) is 10.2 Å². The normalized spacial score (nSPS) is 17.5. The maximum atomic E-state index is 12.6. The van der Waals surface area contributed by atoms with E-state index in [4.69, 9.17) is 4.74 Å². The van der Waals surface area contributed by atoms with E-state index in [-0.39, 0.29) is 17.4 Å². The van der Waals surface area contributed by atoms with E-state index in [1.807, 2.05) is 38.1 Å². The zero-order valence-electron chi connectivity index (χ0n) is 12.0. The summed E-state index contributed by atoms with van der Waals surface area (Å²) in [7, 11) is 1.66. The summed E-state index contributed by atoms with van der Waals surface area (Å²) in [6.07, 6.45) is 4.13. The minimum atomic E-state index is -0.337. The van der Waals surface area contributed by atoms with Crippen LogP contribution in [-0.4, -0.2) is 19.1 Å². The molecular formula is C16H23NO2. The third-order valence-corrected chi connectivity index (χ3v) is 3.95. The summed E-state index contributed by atoms with van der Waals surface area (Å²) >= 11 is 0. The molecule has 1 aromatic rings. The van der Waals surface area contributed by atoms with Gasteiger partial charge in [-0.3, -0.25) is 4.79 Å². The molecule has 1 saturated carbocycles. The molecule has 0 aliphatic heterocycles. The van der Waals surface area contributed by atoms with Gasteiger partial charge < -0.3 is 10.1 Å². The number of amides is 1. The summed E-state index contributed by atoms with van der Waals surface area (Å²) in [5, 5.41) is 3.08. The molecule has 104 valence electrons. The molecule has 0 radical (unpaired) electrons. The van der Waals surface area contributed by atoms with E-state index < -0.39 is 0 Å². The van der Waals surface area contributed by atoms with Crippen molar-refractivity contribution in [3.05, 3.63) is 29.8 Å². The molecular weight excluding hydrogens is 238 g/mol. The number of rotatable bonds is 4. The number of ether oxygens (including phenoxy) is 1. The Labute approximate surface area is 115 Å². The van der Waals surface area contributed by atoms with Crippen molar-refractivity contribution in [3.8, 4) is 5.75 Å². The van der Waals surface area contributed by atoms with Gasteiger partial charge in [-0.25, -0.2) is 0 Å². The van der Waals surface area contributed by atoms with E-state index in [2.05, 4.69) is 5.32 Å². The molecule has 0 atom stereocenters. The van der Waals surface area contributed by atoms with Gasteiger partial charge in [-0.1, -0.05) is 25.0 Å². The molecule has 0 spiro atoms. The van der Waals surface area contributed by atoms with E-state index in [0.29, 0.717) is 0 Å². The summed E-state index contributed by atoms with van der Waals surface area (Å²) in [4.78, 5) is 12.6. The van der Waals surface area contributed by atoms with Crippen molar-refractivity contribution in [2.45, 2.75) is 51.0 Å². The van der Waals surface area contributed by atoms with Gasteiger partial charge in [0.05, 0.1) is 12.5 Å².